The van der Waals surface area contributed by atoms with E-state index in [0.717, 1.165) is 18.8 Å². The van der Waals surface area contributed by atoms with Crippen LogP contribution >= 0.6 is 11.8 Å². The van der Waals surface area contributed by atoms with Gasteiger partial charge >= 0.3 is 5.97 Å². The van der Waals surface area contributed by atoms with Crippen molar-refractivity contribution < 1.29 is 19.1 Å². The first-order valence-electron chi connectivity index (χ1n) is 8.82. The molecule has 3 unspecified atom stereocenters. The maximum absolute atomic E-state index is 12.3. The first kappa shape index (κ1) is 18.5. The number of Topliss-reactive ketones (excluding diaryl/α,β-unsaturated/α-hetero) is 2. The minimum Gasteiger partial charge on any atom is -0.453 e. The zero-order valence-electron chi connectivity index (χ0n) is 14.2. The molecule has 5 heteroatoms. The summed E-state index contributed by atoms with van der Waals surface area (Å²) >= 11 is 1.63. The Bertz CT molecular complexity index is 442. The second kappa shape index (κ2) is 8.86. The monoisotopic (exact) mass is 340 g/mol. The number of ether oxygens (including phenoxy) is 1. The van der Waals surface area contributed by atoms with Gasteiger partial charge in [-0.2, -0.15) is 11.8 Å². The fourth-order valence-electron chi connectivity index (χ4n) is 3.61. The van der Waals surface area contributed by atoms with E-state index < -0.39 is 18.0 Å². The van der Waals surface area contributed by atoms with Gasteiger partial charge in [0.15, 0.2) is 23.6 Å². The minimum atomic E-state index is -1.15. The predicted molar refractivity (Wildman–Crippen MR) is 91.4 cm³/mol. The summed E-state index contributed by atoms with van der Waals surface area (Å²) in [4.78, 5) is 36.5. The van der Waals surface area contributed by atoms with Crippen LogP contribution in [0.3, 0.4) is 0 Å². The number of ketones is 2. The maximum atomic E-state index is 12.3. The van der Waals surface area contributed by atoms with Crippen LogP contribution in [-0.4, -0.2) is 35.1 Å². The third-order valence-corrected chi connectivity index (χ3v) is 6.12. The van der Waals surface area contributed by atoms with Crippen LogP contribution in [-0.2, 0) is 19.1 Å². The van der Waals surface area contributed by atoms with E-state index in [0.29, 0.717) is 12.8 Å². The maximum Gasteiger partial charge on any atom is 0.325 e. The van der Waals surface area contributed by atoms with Gasteiger partial charge in [0.05, 0.1) is 0 Å². The van der Waals surface area contributed by atoms with E-state index in [4.69, 9.17) is 4.74 Å². The standard InChI is InChI=1S/C18H28O4S/c1-12(23-2)11-15-17(20)16(18(21)22-15)14(19)10-6-9-13-7-4-3-5-8-13/h12-13,15-16H,3-11H2,1-2H3. The zero-order valence-corrected chi connectivity index (χ0v) is 15.0. The second-order valence-corrected chi connectivity index (χ2v) is 8.18. The van der Waals surface area contributed by atoms with Crippen LogP contribution in [0.15, 0.2) is 0 Å². The normalized spacial score (nSPS) is 27.0. The van der Waals surface area contributed by atoms with Gasteiger partial charge in [-0.25, -0.2) is 0 Å². The number of carbonyl (C=O) groups excluding carboxylic acids is 3. The first-order valence-corrected chi connectivity index (χ1v) is 10.1. The van der Waals surface area contributed by atoms with Gasteiger partial charge in [-0.3, -0.25) is 14.4 Å². The Morgan fingerprint density at radius 3 is 2.61 bits per heavy atom. The van der Waals surface area contributed by atoms with Crippen LogP contribution in [0.2, 0.25) is 0 Å². The molecule has 1 saturated heterocycles. The van der Waals surface area contributed by atoms with E-state index in [2.05, 4.69) is 0 Å². The Morgan fingerprint density at radius 1 is 1.26 bits per heavy atom. The number of cyclic esters (lactones) is 1. The summed E-state index contributed by atoms with van der Waals surface area (Å²) in [6.45, 7) is 1.99. The van der Waals surface area contributed by atoms with E-state index >= 15 is 0 Å². The highest BCUT2D eigenvalue weighted by molar-refractivity contribution is 7.99. The lowest BCUT2D eigenvalue weighted by molar-refractivity contribution is -0.147. The number of rotatable bonds is 8. The number of hydrogen-bond donors (Lipinski definition) is 0. The third-order valence-electron chi connectivity index (χ3n) is 5.13. The molecule has 2 rings (SSSR count). The summed E-state index contributed by atoms with van der Waals surface area (Å²) in [5.41, 5.74) is 0. The molecule has 2 fully saturated rings. The van der Waals surface area contributed by atoms with E-state index in [-0.39, 0.29) is 16.8 Å². The third kappa shape index (κ3) is 5.07. The topological polar surface area (TPSA) is 60.4 Å². The molecule has 1 heterocycles. The van der Waals surface area contributed by atoms with Gasteiger partial charge in [-0.1, -0.05) is 45.4 Å². The van der Waals surface area contributed by atoms with Crippen molar-refractivity contribution >= 4 is 29.3 Å². The van der Waals surface area contributed by atoms with Crippen molar-refractivity contribution in [2.45, 2.75) is 76.1 Å². The molecule has 3 atom stereocenters. The number of carbonyl (C=O) groups is 3. The molecule has 1 aliphatic carbocycles. The molecule has 4 nitrogen and oxygen atoms in total. The highest BCUT2D eigenvalue weighted by Crippen LogP contribution is 2.29. The predicted octanol–water partition coefficient (Wildman–Crippen LogP) is 3.56. The van der Waals surface area contributed by atoms with Crippen LogP contribution < -0.4 is 0 Å². The van der Waals surface area contributed by atoms with Crippen LogP contribution in [0.5, 0.6) is 0 Å². The molecule has 2 aliphatic rings. The van der Waals surface area contributed by atoms with Crippen LogP contribution in [0.25, 0.3) is 0 Å². The average Bonchev–Trinajstić information content (AvgIpc) is 2.82. The molecule has 0 spiro atoms. The average molecular weight is 340 g/mol. The fraction of sp³-hybridized carbons (Fsp3) is 0.833. The Morgan fingerprint density at radius 2 is 1.96 bits per heavy atom. The lowest BCUT2D eigenvalue weighted by Gasteiger charge is -2.21. The van der Waals surface area contributed by atoms with Crippen LogP contribution in [0, 0.1) is 11.8 Å². The van der Waals surface area contributed by atoms with Gasteiger partial charge < -0.3 is 4.74 Å². The second-order valence-electron chi connectivity index (χ2n) is 6.91. The molecule has 0 aromatic heterocycles. The number of esters is 1. The molecule has 0 bridgehead atoms. The SMILES string of the molecule is CSC(C)CC1OC(=O)C(C(=O)CCCC2CCCCC2)C1=O. The summed E-state index contributed by atoms with van der Waals surface area (Å²) in [5, 5.41) is 0.233. The Hall–Kier alpha value is -0.840. The van der Waals surface area contributed by atoms with E-state index in [1.54, 1.807) is 11.8 Å². The van der Waals surface area contributed by atoms with E-state index in [9.17, 15) is 14.4 Å². The largest absolute Gasteiger partial charge is 0.453 e. The molecule has 1 aliphatic heterocycles. The van der Waals surface area contributed by atoms with E-state index in [1.807, 2.05) is 13.2 Å². The van der Waals surface area contributed by atoms with Gasteiger partial charge in [0.1, 0.15) is 0 Å². The lowest BCUT2D eigenvalue weighted by Crippen LogP contribution is -2.29. The summed E-state index contributed by atoms with van der Waals surface area (Å²) in [6, 6.07) is 0. The quantitative estimate of drug-likeness (QED) is 0.499. The molecule has 0 radical (unpaired) electrons. The molecule has 0 aromatic rings. The Labute approximate surface area is 143 Å². The molecular weight excluding hydrogens is 312 g/mol. The lowest BCUT2D eigenvalue weighted by atomic mass is 9.85. The first-order chi connectivity index (χ1) is 11.0. The summed E-state index contributed by atoms with van der Waals surface area (Å²) in [5.74, 6) is -1.62. The zero-order chi connectivity index (χ0) is 16.8. The Balaban J connectivity index is 1.79. The minimum absolute atomic E-state index is 0.233. The molecule has 1 saturated carbocycles. The molecule has 0 aromatic carbocycles. The Kier molecular flexibility index (Phi) is 7.12. The molecular formula is C18H28O4S. The van der Waals surface area contributed by atoms with Crippen molar-refractivity contribution in [2.75, 3.05) is 6.26 Å². The van der Waals surface area contributed by atoms with Crippen LogP contribution in [0.1, 0.15) is 64.7 Å². The van der Waals surface area contributed by atoms with Crippen molar-refractivity contribution in [3.63, 3.8) is 0 Å². The smallest absolute Gasteiger partial charge is 0.325 e. The van der Waals surface area contributed by atoms with Crippen LogP contribution in [0.4, 0.5) is 0 Å². The number of thioether (sulfide) groups is 1. The highest BCUT2D eigenvalue weighted by Gasteiger charge is 2.47. The fourth-order valence-corrected chi connectivity index (χ4v) is 3.97. The molecule has 130 valence electrons. The summed E-state index contributed by atoms with van der Waals surface area (Å²) in [6.07, 6.45) is 10.3. The van der Waals surface area contributed by atoms with Crippen molar-refractivity contribution in [1.29, 1.82) is 0 Å². The van der Waals surface area contributed by atoms with Gasteiger partial charge in [0, 0.05) is 18.1 Å². The molecule has 0 N–H and O–H groups in total. The van der Waals surface area contributed by atoms with Gasteiger partial charge in [0.25, 0.3) is 0 Å². The molecule has 0 amide bonds. The van der Waals surface area contributed by atoms with Gasteiger partial charge in [-0.15, -0.1) is 0 Å². The van der Waals surface area contributed by atoms with Crippen molar-refractivity contribution in [1.82, 2.24) is 0 Å². The van der Waals surface area contributed by atoms with Crippen molar-refractivity contribution in [3.8, 4) is 0 Å². The molecule has 23 heavy (non-hydrogen) atoms. The van der Waals surface area contributed by atoms with Gasteiger partial charge in [0.2, 0.25) is 0 Å². The number of hydrogen-bond acceptors (Lipinski definition) is 5. The highest BCUT2D eigenvalue weighted by atomic mass is 32.2. The summed E-state index contributed by atoms with van der Waals surface area (Å²) < 4.78 is 5.15. The summed E-state index contributed by atoms with van der Waals surface area (Å²) in [7, 11) is 0. The van der Waals surface area contributed by atoms with E-state index in [1.165, 1.54) is 32.1 Å². The van der Waals surface area contributed by atoms with Crippen molar-refractivity contribution in [3.05, 3.63) is 0 Å². The van der Waals surface area contributed by atoms with Crippen molar-refractivity contribution in [2.24, 2.45) is 11.8 Å². The van der Waals surface area contributed by atoms with Gasteiger partial charge in [-0.05, 0) is 18.6 Å².